The van der Waals surface area contributed by atoms with Crippen LogP contribution in [0.25, 0.3) is 0 Å². The number of hydrogen-bond acceptors (Lipinski definition) is 4. The molecule has 2 rings (SSSR count). The Bertz CT molecular complexity index is 624. The molecule has 0 fully saturated rings. The highest BCUT2D eigenvalue weighted by atomic mass is 16.6. The van der Waals surface area contributed by atoms with Crippen molar-refractivity contribution in [3.63, 3.8) is 0 Å². The highest BCUT2D eigenvalue weighted by molar-refractivity contribution is 5.77. The lowest BCUT2D eigenvalue weighted by molar-refractivity contribution is -0.384. The van der Waals surface area contributed by atoms with Crippen LogP contribution in [0.5, 0.6) is 0 Å². The van der Waals surface area contributed by atoms with Crippen LogP contribution < -0.4 is 5.32 Å². The van der Waals surface area contributed by atoms with E-state index < -0.39 is 4.92 Å². The van der Waals surface area contributed by atoms with Gasteiger partial charge in [0, 0.05) is 24.2 Å². The number of nitrogens with one attached hydrogen (secondary N) is 1. The molecule has 0 unspecified atom stereocenters. The van der Waals surface area contributed by atoms with Gasteiger partial charge in [-0.25, -0.2) is 0 Å². The molecule has 0 spiro atoms. The first kappa shape index (κ1) is 14.7. The smallest absolute Gasteiger partial charge is 0.269 e. The number of carbonyl (C=O) groups excluding carboxylic acids is 1. The van der Waals surface area contributed by atoms with Crippen molar-refractivity contribution in [1.29, 1.82) is 0 Å². The molecule has 5 nitrogen and oxygen atoms in total. The van der Waals surface area contributed by atoms with Crippen LogP contribution in [0.15, 0.2) is 54.6 Å². The van der Waals surface area contributed by atoms with E-state index in [0.717, 1.165) is 11.3 Å². The van der Waals surface area contributed by atoms with E-state index in [1.807, 2.05) is 30.3 Å². The Labute approximate surface area is 122 Å². The van der Waals surface area contributed by atoms with Crippen molar-refractivity contribution < 1.29 is 9.72 Å². The van der Waals surface area contributed by atoms with Gasteiger partial charge in [0.15, 0.2) is 0 Å². The Morgan fingerprint density at radius 3 is 2.29 bits per heavy atom. The highest BCUT2D eigenvalue weighted by Gasteiger charge is 2.15. The van der Waals surface area contributed by atoms with Crippen molar-refractivity contribution in [3.8, 4) is 0 Å². The van der Waals surface area contributed by atoms with E-state index in [1.54, 1.807) is 12.1 Å². The molecule has 108 valence electrons. The second kappa shape index (κ2) is 6.65. The largest absolute Gasteiger partial charge is 0.378 e. The normalized spacial score (nSPS) is 11.7. The summed E-state index contributed by atoms with van der Waals surface area (Å²) in [6, 6.07) is 15.6. The number of para-hydroxylation sites is 1. The van der Waals surface area contributed by atoms with Crippen LogP contribution in [0.1, 0.15) is 24.9 Å². The number of nitrogens with zero attached hydrogens (tertiary/aromatic N) is 1. The Kier molecular flexibility index (Phi) is 4.66. The van der Waals surface area contributed by atoms with Gasteiger partial charge in [-0.3, -0.25) is 14.9 Å². The first-order valence-corrected chi connectivity index (χ1v) is 6.61. The van der Waals surface area contributed by atoms with E-state index in [2.05, 4.69) is 5.32 Å². The Morgan fingerprint density at radius 2 is 1.76 bits per heavy atom. The summed E-state index contributed by atoms with van der Waals surface area (Å²) < 4.78 is 0. The third-order valence-corrected chi connectivity index (χ3v) is 3.11. The quantitative estimate of drug-likeness (QED) is 0.648. The van der Waals surface area contributed by atoms with Crippen LogP contribution in [0.3, 0.4) is 0 Å². The molecule has 0 saturated heterocycles. The number of anilines is 1. The molecule has 2 aromatic rings. The average molecular weight is 284 g/mol. The monoisotopic (exact) mass is 284 g/mol. The maximum Gasteiger partial charge on any atom is 0.269 e. The summed E-state index contributed by atoms with van der Waals surface area (Å²) in [4.78, 5) is 21.7. The summed E-state index contributed by atoms with van der Waals surface area (Å²) in [5.74, 6) is 0.0572. The zero-order chi connectivity index (χ0) is 15.2. The van der Waals surface area contributed by atoms with Gasteiger partial charge in [-0.2, -0.15) is 0 Å². The number of nitro groups is 1. The van der Waals surface area contributed by atoms with Crippen LogP contribution in [-0.2, 0) is 4.79 Å². The lowest BCUT2D eigenvalue weighted by Crippen LogP contribution is -2.14. The van der Waals surface area contributed by atoms with Crippen LogP contribution in [0, 0.1) is 10.1 Å². The fourth-order valence-corrected chi connectivity index (χ4v) is 2.10. The Morgan fingerprint density at radius 1 is 1.14 bits per heavy atom. The molecule has 1 atom stereocenters. The molecule has 0 aliphatic carbocycles. The van der Waals surface area contributed by atoms with Gasteiger partial charge in [-0.05, 0) is 24.6 Å². The Hall–Kier alpha value is -2.69. The number of Topliss-reactive ketones (excluding diaryl/α,β-unsaturated/α-hetero) is 1. The minimum atomic E-state index is -0.436. The van der Waals surface area contributed by atoms with E-state index in [9.17, 15) is 14.9 Å². The van der Waals surface area contributed by atoms with Crippen LogP contribution in [-0.4, -0.2) is 10.7 Å². The summed E-state index contributed by atoms with van der Waals surface area (Å²) in [7, 11) is 0. The fourth-order valence-electron chi connectivity index (χ4n) is 2.10. The maximum atomic E-state index is 11.4. The summed E-state index contributed by atoms with van der Waals surface area (Å²) in [5.41, 5.74) is 1.79. The van der Waals surface area contributed by atoms with Crippen molar-refractivity contribution in [2.45, 2.75) is 19.4 Å². The molecule has 0 aliphatic heterocycles. The molecule has 2 aromatic carbocycles. The van der Waals surface area contributed by atoms with Crippen molar-refractivity contribution >= 4 is 17.2 Å². The van der Waals surface area contributed by atoms with Gasteiger partial charge in [0.2, 0.25) is 0 Å². The predicted octanol–water partition coefficient (Wildman–Crippen LogP) is 3.73. The Balaban J connectivity index is 2.22. The van der Waals surface area contributed by atoms with Crippen LogP contribution in [0.2, 0.25) is 0 Å². The van der Waals surface area contributed by atoms with E-state index in [4.69, 9.17) is 0 Å². The first-order chi connectivity index (χ1) is 10.1. The van der Waals surface area contributed by atoms with E-state index in [1.165, 1.54) is 19.1 Å². The molecule has 0 amide bonds. The first-order valence-electron chi connectivity index (χ1n) is 6.61. The second-order valence-electron chi connectivity index (χ2n) is 4.82. The summed E-state index contributed by atoms with van der Waals surface area (Å²) in [5, 5.41) is 14.0. The number of nitro benzene ring substituents is 1. The molecule has 0 aliphatic rings. The number of ketones is 1. The van der Waals surface area contributed by atoms with Crippen molar-refractivity contribution in [2.24, 2.45) is 0 Å². The molecule has 21 heavy (non-hydrogen) atoms. The van der Waals surface area contributed by atoms with Gasteiger partial charge in [-0.15, -0.1) is 0 Å². The van der Waals surface area contributed by atoms with Gasteiger partial charge >= 0.3 is 0 Å². The molecule has 0 bridgehead atoms. The molecule has 5 heteroatoms. The third-order valence-electron chi connectivity index (χ3n) is 3.11. The number of carbonyl (C=O) groups is 1. The minimum Gasteiger partial charge on any atom is -0.378 e. The van der Waals surface area contributed by atoms with Gasteiger partial charge in [-0.1, -0.05) is 30.3 Å². The molecule has 1 N–H and O–H groups in total. The predicted molar refractivity (Wildman–Crippen MR) is 81.2 cm³/mol. The average Bonchev–Trinajstić information content (AvgIpc) is 2.47. The van der Waals surface area contributed by atoms with Crippen molar-refractivity contribution in [1.82, 2.24) is 0 Å². The zero-order valence-electron chi connectivity index (χ0n) is 11.7. The minimum absolute atomic E-state index is 0.0417. The van der Waals surface area contributed by atoms with Gasteiger partial charge < -0.3 is 5.32 Å². The molecule has 0 heterocycles. The summed E-state index contributed by atoms with van der Waals surface area (Å²) in [6.07, 6.45) is 0.326. The number of hydrogen-bond donors (Lipinski definition) is 1. The zero-order valence-corrected chi connectivity index (χ0v) is 11.7. The van der Waals surface area contributed by atoms with E-state index in [0.29, 0.717) is 6.42 Å². The number of non-ortho nitro benzene ring substituents is 1. The second-order valence-corrected chi connectivity index (χ2v) is 4.82. The molecule has 0 aromatic heterocycles. The SMILES string of the molecule is CC(=O)C[C@@H](Nc1ccccc1)c1ccc([N+](=O)[O-])cc1. The molecular weight excluding hydrogens is 268 g/mol. The maximum absolute atomic E-state index is 11.4. The van der Waals surface area contributed by atoms with Crippen molar-refractivity contribution in [3.05, 3.63) is 70.3 Å². The molecular formula is C16H16N2O3. The van der Waals surface area contributed by atoms with Crippen LogP contribution in [0.4, 0.5) is 11.4 Å². The topological polar surface area (TPSA) is 72.2 Å². The van der Waals surface area contributed by atoms with Gasteiger partial charge in [0.25, 0.3) is 5.69 Å². The number of rotatable bonds is 6. The standard InChI is InChI=1S/C16H16N2O3/c1-12(19)11-16(17-14-5-3-2-4-6-14)13-7-9-15(10-8-13)18(20)21/h2-10,16-17H,11H2,1H3/t16-/m1/s1. The lowest BCUT2D eigenvalue weighted by Gasteiger charge is -2.19. The third kappa shape index (κ3) is 4.14. The van der Waals surface area contributed by atoms with Crippen molar-refractivity contribution in [2.75, 3.05) is 5.32 Å². The van der Waals surface area contributed by atoms with E-state index in [-0.39, 0.29) is 17.5 Å². The fraction of sp³-hybridized carbons (Fsp3) is 0.188. The number of benzene rings is 2. The lowest BCUT2D eigenvalue weighted by atomic mass is 10.0. The van der Waals surface area contributed by atoms with Gasteiger partial charge in [0.05, 0.1) is 11.0 Å². The summed E-state index contributed by atoms with van der Waals surface area (Å²) in [6.45, 7) is 1.53. The van der Waals surface area contributed by atoms with Gasteiger partial charge in [0.1, 0.15) is 5.78 Å². The molecule has 0 saturated carbocycles. The van der Waals surface area contributed by atoms with Crippen LogP contribution >= 0.6 is 0 Å². The highest BCUT2D eigenvalue weighted by Crippen LogP contribution is 2.24. The summed E-state index contributed by atoms with van der Waals surface area (Å²) >= 11 is 0. The molecule has 0 radical (unpaired) electrons. The van der Waals surface area contributed by atoms with E-state index >= 15 is 0 Å².